The standard InChI is InChI=1S/C43H45F3N2O6/c1-42(2,3)31-11-18-35(19-12-31)54-36-17-10-29-26-48(39(49)23-27-6-4-5-7-27)38(25-30(29)24-36)40(50)47-37(41(51)52)22-28-8-15-33(16-9-28)53-34-20-13-32(14-21-34)43(44,45)46/h8-21,24,27,37-38H,4-7,22-23,25-26H2,1-3H3,(H,47,50)(H,51,52)/t37-,38-/m0/s1. The molecule has 1 fully saturated rings. The van der Waals surface area contributed by atoms with Crippen LogP contribution in [0.2, 0.25) is 0 Å². The first-order valence-corrected chi connectivity index (χ1v) is 18.3. The smallest absolute Gasteiger partial charge is 0.416 e. The molecule has 0 saturated heterocycles. The zero-order valence-electron chi connectivity index (χ0n) is 30.6. The summed E-state index contributed by atoms with van der Waals surface area (Å²) in [6.45, 7) is 6.65. The van der Waals surface area contributed by atoms with Crippen LogP contribution in [0.4, 0.5) is 13.2 Å². The first-order valence-electron chi connectivity index (χ1n) is 18.3. The van der Waals surface area contributed by atoms with Crippen LogP contribution in [0.3, 0.4) is 0 Å². The van der Waals surface area contributed by atoms with E-state index >= 15 is 0 Å². The van der Waals surface area contributed by atoms with Crippen molar-refractivity contribution in [2.75, 3.05) is 0 Å². The lowest BCUT2D eigenvalue weighted by molar-refractivity contribution is -0.145. The second-order valence-electron chi connectivity index (χ2n) is 15.3. The van der Waals surface area contributed by atoms with E-state index in [1.807, 2.05) is 42.5 Å². The van der Waals surface area contributed by atoms with Crippen LogP contribution < -0.4 is 14.8 Å². The Kier molecular flexibility index (Phi) is 11.4. The van der Waals surface area contributed by atoms with Crippen molar-refractivity contribution < 1.29 is 42.1 Å². The lowest BCUT2D eigenvalue weighted by Crippen LogP contribution is -2.56. The second-order valence-corrected chi connectivity index (χ2v) is 15.3. The van der Waals surface area contributed by atoms with Gasteiger partial charge in [-0.3, -0.25) is 9.59 Å². The van der Waals surface area contributed by atoms with E-state index in [0.29, 0.717) is 29.2 Å². The molecule has 2 N–H and O–H groups in total. The van der Waals surface area contributed by atoms with E-state index in [-0.39, 0.29) is 42.4 Å². The van der Waals surface area contributed by atoms with Crippen molar-refractivity contribution in [3.8, 4) is 23.0 Å². The number of fused-ring (bicyclic) bond motifs is 1. The van der Waals surface area contributed by atoms with Crippen molar-refractivity contribution in [2.45, 2.75) is 95.9 Å². The van der Waals surface area contributed by atoms with Gasteiger partial charge in [0, 0.05) is 25.8 Å². The largest absolute Gasteiger partial charge is 0.480 e. The highest BCUT2D eigenvalue weighted by molar-refractivity contribution is 5.91. The van der Waals surface area contributed by atoms with Gasteiger partial charge in [-0.2, -0.15) is 13.2 Å². The van der Waals surface area contributed by atoms with Gasteiger partial charge in [0.05, 0.1) is 5.56 Å². The fourth-order valence-electron chi connectivity index (χ4n) is 7.10. The molecule has 1 saturated carbocycles. The Bertz CT molecular complexity index is 1950. The zero-order chi connectivity index (χ0) is 38.6. The first kappa shape index (κ1) is 38.4. The molecule has 0 radical (unpaired) electrons. The van der Waals surface area contributed by atoms with Gasteiger partial charge in [0.1, 0.15) is 35.1 Å². The molecule has 4 aromatic rings. The zero-order valence-corrected chi connectivity index (χ0v) is 30.6. The number of benzene rings is 4. The van der Waals surface area contributed by atoms with Crippen LogP contribution in [0.1, 0.15) is 80.7 Å². The van der Waals surface area contributed by atoms with E-state index in [1.54, 1.807) is 29.2 Å². The normalized spacial score (nSPS) is 16.7. The van der Waals surface area contributed by atoms with Gasteiger partial charge >= 0.3 is 12.1 Å². The summed E-state index contributed by atoms with van der Waals surface area (Å²) < 4.78 is 50.6. The number of amides is 2. The predicted molar refractivity (Wildman–Crippen MR) is 198 cm³/mol. The van der Waals surface area contributed by atoms with Crippen molar-refractivity contribution >= 4 is 17.8 Å². The lowest BCUT2D eigenvalue weighted by atomic mass is 9.87. The number of hydrogen-bond acceptors (Lipinski definition) is 5. The molecular weight excluding hydrogens is 697 g/mol. The minimum Gasteiger partial charge on any atom is -0.480 e. The maximum atomic E-state index is 14.0. The molecule has 1 aliphatic carbocycles. The average Bonchev–Trinajstić information content (AvgIpc) is 3.64. The third-order valence-electron chi connectivity index (χ3n) is 10.2. The van der Waals surface area contributed by atoms with Gasteiger partial charge in [-0.1, -0.05) is 63.9 Å². The van der Waals surface area contributed by atoms with Gasteiger partial charge in [-0.05, 0) is 107 Å². The Morgan fingerprint density at radius 3 is 1.87 bits per heavy atom. The highest BCUT2D eigenvalue weighted by Gasteiger charge is 2.37. The first-order chi connectivity index (χ1) is 25.6. The summed E-state index contributed by atoms with van der Waals surface area (Å²) in [6.07, 6.45) is 0.129. The number of nitrogens with one attached hydrogen (secondary N) is 1. The topological polar surface area (TPSA) is 105 Å². The fraction of sp³-hybridized carbons (Fsp3) is 0.372. The average molecular weight is 743 g/mol. The number of carbonyl (C=O) groups excluding carboxylic acids is 2. The Labute approximate surface area is 313 Å². The van der Waals surface area contributed by atoms with Crippen LogP contribution in [0.25, 0.3) is 0 Å². The molecule has 1 heterocycles. The minimum atomic E-state index is -4.46. The van der Waals surface area contributed by atoms with Gasteiger partial charge in [0.2, 0.25) is 11.8 Å². The van der Waals surface area contributed by atoms with Gasteiger partial charge in [-0.15, -0.1) is 0 Å². The van der Waals surface area contributed by atoms with Gasteiger partial charge < -0.3 is 24.8 Å². The molecule has 2 aliphatic rings. The summed E-state index contributed by atoms with van der Waals surface area (Å²) in [5.74, 6) is 0.170. The number of alkyl halides is 3. The van der Waals surface area contributed by atoms with Crippen molar-refractivity contribution in [2.24, 2.45) is 5.92 Å². The van der Waals surface area contributed by atoms with Gasteiger partial charge in [0.15, 0.2) is 0 Å². The lowest BCUT2D eigenvalue weighted by Gasteiger charge is -2.37. The van der Waals surface area contributed by atoms with Crippen LogP contribution >= 0.6 is 0 Å². The molecule has 4 aromatic carbocycles. The maximum absolute atomic E-state index is 14.0. The van der Waals surface area contributed by atoms with E-state index < -0.39 is 35.7 Å². The molecule has 284 valence electrons. The number of ether oxygens (including phenoxy) is 2. The third-order valence-corrected chi connectivity index (χ3v) is 10.2. The molecule has 2 amide bonds. The van der Waals surface area contributed by atoms with Crippen molar-refractivity contribution in [3.05, 3.63) is 119 Å². The predicted octanol–water partition coefficient (Wildman–Crippen LogP) is 9.23. The van der Waals surface area contributed by atoms with Crippen LogP contribution in [-0.4, -0.2) is 39.9 Å². The second kappa shape index (κ2) is 16.0. The molecule has 1 aliphatic heterocycles. The van der Waals surface area contributed by atoms with E-state index in [0.717, 1.165) is 48.9 Å². The van der Waals surface area contributed by atoms with E-state index in [1.165, 1.54) is 17.7 Å². The summed E-state index contributed by atoms with van der Waals surface area (Å²) in [7, 11) is 0. The van der Waals surface area contributed by atoms with Gasteiger partial charge in [-0.25, -0.2) is 4.79 Å². The van der Waals surface area contributed by atoms with Gasteiger partial charge in [0.25, 0.3) is 0 Å². The van der Waals surface area contributed by atoms with Crippen LogP contribution in [0.5, 0.6) is 23.0 Å². The van der Waals surface area contributed by atoms with Crippen LogP contribution in [0, 0.1) is 5.92 Å². The molecule has 0 aromatic heterocycles. The Hall–Kier alpha value is -5.32. The van der Waals surface area contributed by atoms with Crippen molar-refractivity contribution in [1.29, 1.82) is 0 Å². The van der Waals surface area contributed by atoms with E-state index in [2.05, 4.69) is 26.1 Å². The molecule has 8 nitrogen and oxygen atoms in total. The number of carboxylic acid groups (broad SMARTS) is 1. The summed E-state index contributed by atoms with van der Waals surface area (Å²) in [5, 5.41) is 12.9. The Morgan fingerprint density at radius 2 is 1.31 bits per heavy atom. The number of hydrogen-bond donors (Lipinski definition) is 2. The van der Waals surface area contributed by atoms with Crippen molar-refractivity contribution in [3.63, 3.8) is 0 Å². The summed E-state index contributed by atoms with van der Waals surface area (Å²) in [4.78, 5) is 41.8. The quantitative estimate of drug-likeness (QED) is 0.159. The van der Waals surface area contributed by atoms with Crippen LogP contribution in [0.15, 0.2) is 91.0 Å². The summed E-state index contributed by atoms with van der Waals surface area (Å²) in [5.41, 5.74) is 2.73. The number of carbonyl (C=O) groups is 3. The molecule has 0 spiro atoms. The number of carboxylic acids is 1. The highest BCUT2D eigenvalue weighted by Crippen LogP contribution is 2.34. The molecular formula is C43H45F3N2O6. The third kappa shape index (κ3) is 9.61. The number of halogens is 3. The summed E-state index contributed by atoms with van der Waals surface area (Å²) >= 11 is 0. The fourth-order valence-corrected chi connectivity index (χ4v) is 7.10. The highest BCUT2D eigenvalue weighted by atomic mass is 19.4. The number of nitrogens with zero attached hydrogens (tertiary/aromatic N) is 1. The molecule has 0 unspecified atom stereocenters. The number of aliphatic carboxylic acids is 1. The summed E-state index contributed by atoms with van der Waals surface area (Å²) in [6, 6.07) is 22.1. The maximum Gasteiger partial charge on any atom is 0.416 e. The minimum absolute atomic E-state index is 0.00114. The van der Waals surface area contributed by atoms with Crippen LogP contribution in [-0.2, 0) is 45.4 Å². The SMILES string of the molecule is CC(C)(C)c1ccc(Oc2ccc3c(c2)C[C@@H](C(=O)N[C@@H](Cc2ccc(Oc4ccc(C(F)(F)F)cc4)cc2)C(=O)O)N(C(=O)CC2CCCC2)C3)cc1. The molecule has 54 heavy (non-hydrogen) atoms. The Balaban J connectivity index is 1.16. The number of rotatable bonds is 11. The van der Waals surface area contributed by atoms with Crippen molar-refractivity contribution in [1.82, 2.24) is 10.2 Å². The Morgan fingerprint density at radius 1 is 0.778 bits per heavy atom. The molecule has 0 bridgehead atoms. The monoisotopic (exact) mass is 742 g/mol. The van der Waals surface area contributed by atoms with E-state index in [9.17, 15) is 32.7 Å². The molecule has 2 atom stereocenters. The van der Waals surface area contributed by atoms with E-state index in [4.69, 9.17) is 9.47 Å². The molecule has 6 rings (SSSR count). The molecule has 11 heteroatoms.